The molecule has 3 heteroatoms. The number of nitrogens with zero attached hydrogens (tertiary/aromatic N) is 1. The van der Waals surface area contributed by atoms with Crippen LogP contribution in [-0.4, -0.2) is 22.7 Å². The van der Waals surface area contributed by atoms with Crippen LogP contribution < -0.4 is 5.32 Å². The third kappa shape index (κ3) is 1.87. The third-order valence-electron chi connectivity index (χ3n) is 2.51. The summed E-state index contributed by atoms with van der Waals surface area (Å²) in [4.78, 5) is 3.99. The van der Waals surface area contributed by atoms with Gasteiger partial charge in [-0.2, -0.15) is 0 Å². The van der Waals surface area contributed by atoms with E-state index in [2.05, 4.69) is 10.3 Å². The van der Waals surface area contributed by atoms with E-state index >= 15 is 0 Å². The molecule has 1 unspecified atom stereocenters. The predicted octanol–water partition coefficient (Wildman–Crippen LogP) is 0.867. The van der Waals surface area contributed by atoms with Gasteiger partial charge in [-0.05, 0) is 25.5 Å². The Balaban J connectivity index is 2.08. The van der Waals surface area contributed by atoms with Gasteiger partial charge in [-0.3, -0.25) is 4.98 Å². The number of hydrogen-bond acceptors (Lipinski definition) is 3. The summed E-state index contributed by atoms with van der Waals surface area (Å²) in [6, 6.07) is 3.98. The maximum Gasteiger partial charge on any atom is 0.0957 e. The first kappa shape index (κ1) is 8.66. The van der Waals surface area contributed by atoms with Gasteiger partial charge in [0.1, 0.15) is 0 Å². The molecule has 1 aliphatic heterocycles. The highest BCUT2D eigenvalue weighted by Crippen LogP contribution is 2.21. The van der Waals surface area contributed by atoms with Crippen molar-refractivity contribution in [2.45, 2.75) is 25.0 Å². The van der Waals surface area contributed by atoms with Crippen molar-refractivity contribution in [1.82, 2.24) is 10.3 Å². The zero-order valence-electron chi connectivity index (χ0n) is 7.48. The van der Waals surface area contributed by atoms with E-state index in [9.17, 15) is 5.11 Å². The zero-order valence-corrected chi connectivity index (χ0v) is 7.48. The number of aromatic nitrogens is 1. The molecule has 3 nitrogen and oxygen atoms in total. The lowest BCUT2D eigenvalue weighted by Crippen LogP contribution is -2.28. The van der Waals surface area contributed by atoms with Crippen LogP contribution in [-0.2, 0) is 0 Å². The molecule has 1 fully saturated rings. The van der Waals surface area contributed by atoms with Crippen molar-refractivity contribution in [2.24, 2.45) is 0 Å². The standard InChI is InChI=1S/C10H14N2O/c13-10(9-4-2-6-12-9)8-3-1-5-11-7-8/h1,3,5,7,9-10,12-13H,2,4,6H2/t9-,10?/m1/s1. The Labute approximate surface area is 77.8 Å². The lowest BCUT2D eigenvalue weighted by molar-refractivity contribution is 0.137. The van der Waals surface area contributed by atoms with E-state index in [1.807, 2.05) is 12.1 Å². The van der Waals surface area contributed by atoms with E-state index in [1.165, 1.54) is 0 Å². The Hall–Kier alpha value is -0.930. The second kappa shape index (κ2) is 3.85. The SMILES string of the molecule is OC(c1cccnc1)[C@H]1CCCN1. The highest BCUT2D eigenvalue weighted by Gasteiger charge is 2.23. The normalized spacial score (nSPS) is 24.5. The summed E-state index contributed by atoms with van der Waals surface area (Å²) in [5.74, 6) is 0. The summed E-state index contributed by atoms with van der Waals surface area (Å²) < 4.78 is 0. The lowest BCUT2D eigenvalue weighted by atomic mass is 10.0. The number of nitrogens with one attached hydrogen (secondary N) is 1. The zero-order chi connectivity index (χ0) is 9.10. The van der Waals surface area contributed by atoms with Crippen molar-refractivity contribution in [2.75, 3.05) is 6.54 Å². The van der Waals surface area contributed by atoms with Crippen LogP contribution in [0.2, 0.25) is 0 Å². The molecular formula is C10H14N2O. The van der Waals surface area contributed by atoms with E-state index in [0.717, 1.165) is 24.9 Å². The Morgan fingerprint density at radius 1 is 1.62 bits per heavy atom. The van der Waals surface area contributed by atoms with Gasteiger partial charge >= 0.3 is 0 Å². The second-order valence-corrected chi connectivity index (χ2v) is 3.43. The fourth-order valence-corrected chi connectivity index (χ4v) is 1.76. The molecule has 1 aliphatic rings. The smallest absolute Gasteiger partial charge is 0.0957 e. The van der Waals surface area contributed by atoms with E-state index in [1.54, 1.807) is 12.4 Å². The Bertz CT molecular complexity index is 257. The van der Waals surface area contributed by atoms with Gasteiger partial charge in [0.2, 0.25) is 0 Å². The average molecular weight is 178 g/mol. The van der Waals surface area contributed by atoms with Crippen LogP contribution in [0.4, 0.5) is 0 Å². The van der Waals surface area contributed by atoms with Crippen molar-refractivity contribution >= 4 is 0 Å². The molecule has 0 aliphatic carbocycles. The molecule has 2 heterocycles. The van der Waals surface area contributed by atoms with E-state index < -0.39 is 6.10 Å². The van der Waals surface area contributed by atoms with Crippen LogP contribution in [0.15, 0.2) is 24.5 Å². The molecule has 1 saturated heterocycles. The molecule has 70 valence electrons. The largest absolute Gasteiger partial charge is 0.387 e. The molecule has 0 bridgehead atoms. The van der Waals surface area contributed by atoms with E-state index in [4.69, 9.17) is 0 Å². The topological polar surface area (TPSA) is 45.2 Å². The minimum absolute atomic E-state index is 0.212. The highest BCUT2D eigenvalue weighted by molar-refractivity contribution is 5.14. The summed E-state index contributed by atoms with van der Waals surface area (Å²) in [6.07, 6.45) is 5.25. The van der Waals surface area contributed by atoms with Crippen molar-refractivity contribution in [3.05, 3.63) is 30.1 Å². The van der Waals surface area contributed by atoms with Gasteiger partial charge in [-0.25, -0.2) is 0 Å². The number of aliphatic hydroxyl groups is 1. The maximum absolute atomic E-state index is 9.92. The van der Waals surface area contributed by atoms with Gasteiger partial charge < -0.3 is 10.4 Å². The first-order valence-electron chi connectivity index (χ1n) is 4.69. The molecule has 2 atom stereocenters. The van der Waals surface area contributed by atoms with E-state index in [-0.39, 0.29) is 6.04 Å². The fraction of sp³-hybridized carbons (Fsp3) is 0.500. The van der Waals surface area contributed by atoms with Crippen LogP contribution in [0, 0.1) is 0 Å². The molecule has 13 heavy (non-hydrogen) atoms. The lowest BCUT2D eigenvalue weighted by Gasteiger charge is -2.17. The van der Waals surface area contributed by atoms with Crippen molar-refractivity contribution in [3.8, 4) is 0 Å². The summed E-state index contributed by atoms with van der Waals surface area (Å²) in [5.41, 5.74) is 0.905. The first-order valence-corrected chi connectivity index (χ1v) is 4.69. The molecular weight excluding hydrogens is 164 g/mol. The van der Waals surface area contributed by atoms with Gasteiger partial charge in [0, 0.05) is 24.0 Å². The Kier molecular flexibility index (Phi) is 2.57. The molecule has 0 radical (unpaired) electrons. The molecule has 0 aromatic carbocycles. The number of aliphatic hydroxyl groups excluding tert-OH is 1. The van der Waals surface area contributed by atoms with Crippen LogP contribution in [0.5, 0.6) is 0 Å². The maximum atomic E-state index is 9.92. The van der Waals surface area contributed by atoms with Crippen LogP contribution in [0.25, 0.3) is 0 Å². The molecule has 0 saturated carbocycles. The summed E-state index contributed by atoms with van der Waals surface area (Å²) in [5, 5.41) is 13.2. The minimum Gasteiger partial charge on any atom is -0.387 e. The van der Waals surface area contributed by atoms with Crippen molar-refractivity contribution in [1.29, 1.82) is 0 Å². The van der Waals surface area contributed by atoms with Gasteiger partial charge in [0.25, 0.3) is 0 Å². The fourth-order valence-electron chi connectivity index (χ4n) is 1.76. The van der Waals surface area contributed by atoms with Gasteiger partial charge in [0.15, 0.2) is 0 Å². The predicted molar refractivity (Wildman–Crippen MR) is 50.2 cm³/mol. The Morgan fingerprint density at radius 2 is 2.54 bits per heavy atom. The second-order valence-electron chi connectivity index (χ2n) is 3.43. The summed E-state index contributed by atoms with van der Waals surface area (Å²) in [6.45, 7) is 1.02. The van der Waals surface area contributed by atoms with E-state index in [0.29, 0.717) is 0 Å². The summed E-state index contributed by atoms with van der Waals surface area (Å²) >= 11 is 0. The van der Waals surface area contributed by atoms with Crippen LogP contribution in [0.1, 0.15) is 24.5 Å². The number of hydrogen-bond donors (Lipinski definition) is 2. The van der Waals surface area contributed by atoms with Gasteiger partial charge in [-0.1, -0.05) is 6.07 Å². The number of rotatable bonds is 2. The van der Waals surface area contributed by atoms with Crippen molar-refractivity contribution in [3.63, 3.8) is 0 Å². The number of pyridine rings is 1. The quantitative estimate of drug-likeness (QED) is 0.706. The molecule has 1 aromatic heterocycles. The minimum atomic E-state index is -0.406. The third-order valence-corrected chi connectivity index (χ3v) is 2.51. The van der Waals surface area contributed by atoms with Crippen LogP contribution >= 0.6 is 0 Å². The Morgan fingerprint density at radius 3 is 3.15 bits per heavy atom. The average Bonchev–Trinajstić information content (AvgIpc) is 2.71. The molecule has 2 rings (SSSR count). The highest BCUT2D eigenvalue weighted by atomic mass is 16.3. The molecule has 0 spiro atoms. The molecule has 1 aromatic rings. The van der Waals surface area contributed by atoms with Crippen LogP contribution in [0.3, 0.4) is 0 Å². The molecule has 2 N–H and O–H groups in total. The summed E-state index contributed by atoms with van der Waals surface area (Å²) in [7, 11) is 0. The van der Waals surface area contributed by atoms with Crippen molar-refractivity contribution < 1.29 is 5.11 Å². The van der Waals surface area contributed by atoms with Gasteiger partial charge in [-0.15, -0.1) is 0 Å². The first-order chi connectivity index (χ1) is 6.38. The monoisotopic (exact) mass is 178 g/mol. The molecule has 0 amide bonds. The van der Waals surface area contributed by atoms with Gasteiger partial charge in [0.05, 0.1) is 6.10 Å².